The summed E-state index contributed by atoms with van der Waals surface area (Å²) in [7, 11) is 0. The van der Waals surface area contributed by atoms with Crippen LogP contribution in [0.25, 0.3) is 11.1 Å². The maximum absolute atomic E-state index is 13.6. The molecule has 0 heterocycles. The number of benzene rings is 5. The fraction of sp³-hybridized carbons (Fsp3) is 0.0606. The molecule has 0 spiro atoms. The Labute approximate surface area is 235 Å². The van der Waals surface area contributed by atoms with Crippen molar-refractivity contribution in [1.82, 2.24) is 0 Å². The lowest BCUT2D eigenvalue weighted by atomic mass is 10.1. The molecule has 0 amide bonds. The van der Waals surface area contributed by atoms with Gasteiger partial charge < -0.3 is 4.74 Å². The Bertz CT molecular complexity index is 1440. The summed E-state index contributed by atoms with van der Waals surface area (Å²) in [5, 5.41) is 0. The Morgan fingerprint density at radius 2 is 1.08 bits per heavy atom. The second-order valence-electron chi connectivity index (χ2n) is 8.61. The fourth-order valence-corrected chi connectivity index (χ4v) is 6.32. The zero-order chi connectivity index (χ0) is 26.9. The molecule has 0 fully saturated rings. The molecular formula is C33H25F2NOS2. The molecule has 0 saturated heterocycles. The molecule has 2 nitrogen and oxygen atoms in total. The maximum atomic E-state index is 13.6. The van der Waals surface area contributed by atoms with E-state index in [-0.39, 0.29) is 16.2 Å². The highest BCUT2D eigenvalue weighted by molar-refractivity contribution is 8.17. The largest absolute Gasteiger partial charge is 0.443 e. The minimum atomic E-state index is -0.282. The third kappa shape index (κ3) is 8.06. The highest BCUT2D eigenvalue weighted by Gasteiger charge is 2.18. The number of nitrogens with zero attached hydrogens (tertiary/aromatic N) is 1. The first-order chi connectivity index (χ1) is 19.1. The smallest absolute Gasteiger partial charge is 0.197 e. The molecule has 0 saturated carbocycles. The van der Waals surface area contributed by atoms with Crippen LogP contribution in [0.15, 0.2) is 148 Å². The quantitative estimate of drug-likeness (QED) is 0.0784. The molecule has 0 bridgehead atoms. The Morgan fingerprint density at radius 3 is 1.62 bits per heavy atom. The third-order valence-corrected chi connectivity index (χ3v) is 8.24. The summed E-state index contributed by atoms with van der Waals surface area (Å²) >= 11 is 3.17. The van der Waals surface area contributed by atoms with Crippen LogP contribution in [-0.2, 0) is 0 Å². The number of halogens is 2. The summed E-state index contributed by atoms with van der Waals surface area (Å²) in [5.74, 6) is 0.670. The number of hydrogen-bond acceptors (Lipinski definition) is 4. The predicted molar refractivity (Wildman–Crippen MR) is 159 cm³/mol. The Hall–Kier alpha value is -3.87. The van der Waals surface area contributed by atoms with Gasteiger partial charge in [-0.05, 0) is 83.9 Å². The van der Waals surface area contributed by atoms with Crippen LogP contribution in [0.1, 0.15) is 6.42 Å². The SMILES string of the molecule is Fc1ccc(SC(CC(=Nc2ccc(-c3ccccc3)cc2)Oc2ccccc2)Sc2ccc(F)cc2)cc1. The summed E-state index contributed by atoms with van der Waals surface area (Å²) in [6, 6.07) is 40.6. The van der Waals surface area contributed by atoms with Crippen molar-refractivity contribution in [1.29, 1.82) is 0 Å². The van der Waals surface area contributed by atoms with Gasteiger partial charge in [0.2, 0.25) is 0 Å². The van der Waals surface area contributed by atoms with E-state index in [0.717, 1.165) is 26.6 Å². The van der Waals surface area contributed by atoms with Crippen LogP contribution in [0.3, 0.4) is 0 Å². The topological polar surface area (TPSA) is 21.6 Å². The molecule has 0 aliphatic rings. The van der Waals surface area contributed by atoms with Gasteiger partial charge in [0.25, 0.3) is 0 Å². The lowest BCUT2D eigenvalue weighted by Crippen LogP contribution is -2.14. The normalized spacial score (nSPS) is 11.5. The van der Waals surface area contributed by atoms with Crippen molar-refractivity contribution in [3.63, 3.8) is 0 Å². The summed E-state index contributed by atoms with van der Waals surface area (Å²) in [4.78, 5) is 6.73. The van der Waals surface area contributed by atoms with Crippen LogP contribution >= 0.6 is 23.5 Å². The van der Waals surface area contributed by atoms with Gasteiger partial charge in [0.1, 0.15) is 17.4 Å². The molecule has 39 heavy (non-hydrogen) atoms. The molecular weight excluding hydrogens is 528 g/mol. The number of aliphatic imine (C=N–C) groups is 1. The molecule has 0 atom stereocenters. The standard InChI is InChI=1S/C33H25F2NOS2/c34-26-13-19-30(20-14-26)38-33(39-31-21-15-27(35)16-22-31)23-32(37-29-9-5-2-6-10-29)36-28-17-11-25(12-18-28)24-7-3-1-4-8-24/h1-22,33H,23H2. The Morgan fingerprint density at radius 1 is 0.590 bits per heavy atom. The zero-order valence-corrected chi connectivity index (χ0v) is 22.5. The molecule has 0 aliphatic heterocycles. The van der Waals surface area contributed by atoms with Crippen molar-refractivity contribution in [2.45, 2.75) is 20.8 Å². The van der Waals surface area contributed by atoms with Crippen LogP contribution in [0.5, 0.6) is 5.75 Å². The van der Waals surface area contributed by atoms with Gasteiger partial charge in [-0.25, -0.2) is 13.8 Å². The lowest BCUT2D eigenvalue weighted by molar-refractivity contribution is 0.535. The van der Waals surface area contributed by atoms with Crippen molar-refractivity contribution in [2.75, 3.05) is 0 Å². The molecule has 0 aromatic heterocycles. The van der Waals surface area contributed by atoms with Crippen LogP contribution < -0.4 is 4.74 Å². The average Bonchev–Trinajstić information content (AvgIpc) is 2.97. The second-order valence-corrected chi connectivity index (χ2v) is 11.5. The number of thioether (sulfide) groups is 2. The van der Waals surface area contributed by atoms with Gasteiger partial charge >= 0.3 is 0 Å². The van der Waals surface area contributed by atoms with Gasteiger partial charge in [0.15, 0.2) is 5.90 Å². The van der Waals surface area contributed by atoms with Crippen LogP contribution in [0.2, 0.25) is 0 Å². The van der Waals surface area contributed by atoms with E-state index in [4.69, 9.17) is 9.73 Å². The maximum Gasteiger partial charge on any atom is 0.197 e. The van der Waals surface area contributed by atoms with Crippen LogP contribution in [0.4, 0.5) is 14.5 Å². The van der Waals surface area contributed by atoms with Gasteiger partial charge in [-0.1, -0.05) is 60.7 Å². The molecule has 6 heteroatoms. The van der Waals surface area contributed by atoms with Gasteiger partial charge in [0, 0.05) is 16.2 Å². The second kappa shape index (κ2) is 13.3. The van der Waals surface area contributed by atoms with E-state index in [2.05, 4.69) is 12.1 Å². The first kappa shape index (κ1) is 26.7. The van der Waals surface area contributed by atoms with Crippen molar-refractivity contribution in [2.24, 2.45) is 4.99 Å². The summed E-state index contributed by atoms with van der Waals surface area (Å²) in [5.41, 5.74) is 3.02. The molecule has 5 aromatic carbocycles. The average molecular weight is 554 g/mol. The predicted octanol–water partition coefficient (Wildman–Crippen LogP) is 10.0. The van der Waals surface area contributed by atoms with Gasteiger partial charge in [-0.15, -0.1) is 23.5 Å². The van der Waals surface area contributed by atoms with Gasteiger partial charge in [-0.3, -0.25) is 0 Å². The molecule has 0 aliphatic carbocycles. The van der Waals surface area contributed by atoms with E-state index in [1.54, 1.807) is 47.8 Å². The van der Waals surface area contributed by atoms with Crippen LogP contribution in [-0.4, -0.2) is 10.5 Å². The summed E-state index contributed by atoms with van der Waals surface area (Å²) in [6.07, 6.45) is 0.472. The number of hydrogen-bond donors (Lipinski definition) is 0. The van der Waals surface area contributed by atoms with Crippen molar-refractivity contribution in [3.8, 4) is 16.9 Å². The number of rotatable bonds is 9. The Kier molecular flexibility index (Phi) is 9.09. The molecule has 0 unspecified atom stereocenters. The van der Waals surface area contributed by atoms with Gasteiger partial charge in [-0.2, -0.15) is 0 Å². The Balaban J connectivity index is 1.44. The summed E-state index contributed by atoms with van der Waals surface area (Å²) < 4.78 is 33.3. The van der Waals surface area contributed by atoms with E-state index < -0.39 is 0 Å². The zero-order valence-electron chi connectivity index (χ0n) is 20.9. The molecule has 5 aromatic rings. The highest BCUT2D eigenvalue weighted by Crippen LogP contribution is 2.38. The minimum absolute atomic E-state index is 0.0769. The third-order valence-electron chi connectivity index (χ3n) is 5.71. The van der Waals surface area contributed by atoms with Crippen molar-refractivity contribution < 1.29 is 13.5 Å². The fourth-order valence-electron chi connectivity index (χ4n) is 3.82. The first-order valence-electron chi connectivity index (χ1n) is 12.4. The van der Waals surface area contributed by atoms with E-state index >= 15 is 0 Å². The molecule has 0 N–H and O–H groups in total. The van der Waals surface area contributed by atoms with Crippen LogP contribution in [0, 0.1) is 11.6 Å². The van der Waals surface area contributed by atoms with E-state index in [1.807, 2.05) is 72.8 Å². The monoisotopic (exact) mass is 553 g/mol. The van der Waals surface area contributed by atoms with Crippen molar-refractivity contribution >= 4 is 35.1 Å². The molecule has 194 valence electrons. The molecule has 0 radical (unpaired) electrons. The summed E-state index contributed by atoms with van der Waals surface area (Å²) in [6.45, 7) is 0. The first-order valence-corrected chi connectivity index (χ1v) is 14.2. The van der Waals surface area contributed by atoms with E-state index in [9.17, 15) is 8.78 Å². The van der Waals surface area contributed by atoms with E-state index in [0.29, 0.717) is 18.1 Å². The lowest BCUT2D eigenvalue weighted by Gasteiger charge is -2.18. The van der Waals surface area contributed by atoms with Crippen molar-refractivity contribution in [3.05, 3.63) is 145 Å². The number of ether oxygens (including phenoxy) is 1. The highest BCUT2D eigenvalue weighted by atomic mass is 32.2. The van der Waals surface area contributed by atoms with E-state index in [1.165, 1.54) is 24.3 Å². The molecule has 5 rings (SSSR count). The number of para-hydroxylation sites is 1. The minimum Gasteiger partial charge on any atom is -0.443 e. The van der Waals surface area contributed by atoms with Gasteiger partial charge in [0.05, 0.1) is 10.3 Å².